The van der Waals surface area contributed by atoms with Crippen molar-refractivity contribution in [1.29, 1.82) is 0 Å². The molecule has 6 nitrogen and oxygen atoms in total. The molecule has 1 amide bonds. The molecule has 2 aromatic carbocycles. The van der Waals surface area contributed by atoms with Gasteiger partial charge < -0.3 is 9.64 Å². The third-order valence-electron chi connectivity index (χ3n) is 3.71. The summed E-state index contributed by atoms with van der Waals surface area (Å²) in [5.74, 6) is -0.0610. The largest absolute Gasteiger partial charge is 0.492 e. The van der Waals surface area contributed by atoms with Crippen LogP contribution in [0.3, 0.4) is 0 Å². The Morgan fingerprint density at radius 1 is 1.19 bits per heavy atom. The quantitative estimate of drug-likeness (QED) is 0.709. The molecule has 0 fully saturated rings. The summed E-state index contributed by atoms with van der Waals surface area (Å²) in [4.78, 5) is 14.0. The summed E-state index contributed by atoms with van der Waals surface area (Å²) < 4.78 is 44.5. The average molecular weight is 394 g/mol. The molecule has 0 spiro atoms. The summed E-state index contributed by atoms with van der Waals surface area (Å²) in [6.07, 6.45) is 0.505. The van der Waals surface area contributed by atoms with Crippen LogP contribution < -0.4 is 9.46 Å². The van der Waals surface area contributed by atoms with E-state index in [9.17, 15) is 17.6 Å². The predicted octanol–water partition coefficient (Wildman–Crippen LogP) is 3.13. The van der Waals surface area contributed by atoms with Gasteiger partial charge in [-0.15, -0.1) is 0 Å². The van der Waals surface area contributed by atoms with Gasteiger partial charge in [-0.2, -0.15) is 0 Å². The molecule has 2 aromatic rings. The average Bonchev–Trinajstić information content (AvgIpc) is 2.62. The van der Waals surface area contributed by atoms with Crippen LogP contribution in [0.15, 0.2) is 48.5 Å². The van der Waals surface area contributed by atoms with Crippen molar-refractivity contribution in [3.8, 4) is 5.75 Å². The first-order valence-corrected chi connectivity index (χ1v) is 10.2. The third kappa shape index (κ3) is 6.56. The molecule has 1 N–H and O–H groups in total. The van der Waals surface area contributed by atoms with E-state index < -0.39 is 10.0 Å². The zero-order valence-corrected chi connectivity index (χ0v) is 16.1. The van der Waals surface area contributed by atoms with Crippen molar-refractivity contribution in [3.63, 3.8) is 0 Å². The van der Waals surface area contributed by atoms with Crippen LogP contribution in [-0.4, -0.2) is 45.2 Å². The van der Waals surface area contributed by atoms with Crippen molar-refractivity contribution in [2.75, 3.05) is 30.7 Å². The molecule has 0 radical (unpaired) electrons. The first-order chi connectivity index (χ1) is 12.8. The lowest BCUT2D eigenvalue weighted by Gasteiger charge is -2.18. The zero-order valence-electron chi connectivity index (χ0n) is 15.3. The van der Waals surface area contributed by atoms with Gasteiger partial charge in [0.1, 0.15) is 18.2 Å². The number of hydrogen-bond donors (Lipinski definition) is 1. The fourth-order valence-electron chi connectivity index (χ4n) is 2.37. The van der Waals surface area contributed by atoms with E-state index in [-0.39, 0.29) is 24.1 Å². The second kappa shape index (κ2) is 9.36. The maximum absolute atomic E-state index is 12.9. The van der Waals surface area contributed by atoms with Crippen molar-refractivity contribution < 1.29 is 22.3 Å². The van der Waals surface area contributed by atoms with Crippen molar-refractivity contribution >= 4 is 21.6 Å². The van der Waals surface area contributed by atoms with Gasteiger partial charge in [0.05, 0.1) is 12.3 Å². The molecule has 0 aliphatic carbocycles. The van der Waals surface area contributed by atoms with Gasteiger partial charge in [0.25, 0.3) is 5.91 Å². The Balaban J connectivity index is 1.93. The molecule has 0 unspecified atom stereocenters. The Kier molecular flexibility index (Phi) is 7.18. The van der Waals surface area contributed by atoms with E-state index in [1.165, 1.54) is 35.2 Å². The van der Waals surface area contributed by atoms with Crippen molar-refractivity contribution in [3.05, 3.63) is 59.9 Å². The van der Waals surface area contributed by atoms with E-state index >= 15 is 0 Å². The summed E-state index contributed by atoms with van der Waals surface area (Å²) in [5, 5.41) is 0. The molecule has 0 atom stereocenters. The summed E-state index contributed by atoms with van der Waals surface area (Å²) in [5.41, 5.74) is 0.723. The number of nitrogens with zero attached hydrogens (tertiary/aromatic N) is 1. The second-order valence-corrected chi connectivity index (χ2v) is 7.87. The summed E-state index contributed by atoms with van der Waals surface area (Å²) in [6, 6.07) is 12.0. The van der Waals surface area contributed by atoms with Gasteiger partial charge in [0.2, 0.25) is 10.0 Å². The third-order valence-corrected chi connectivity index (χ3v) is 5.20. The molecular weight excluding hydrogens is 371 g/mol. The van der Waals surface area contributed by atoms with Crippen LogP contribution >= 0.6 is 0 Å². The Labute approximate surface area is 159 Å². The lowest BCUT2D eigenvalue weighted by atomic mass is 10.2. The van der Waals surface area contributed by atoms with Crippen molar-refractivity contribution in [1.82, 2.24) is 4.90 Å². The Bertz CT molecular complexity index is 870. The van der Waals surface area contributed by atoms with E-state index in [1.54, 1.807) is 32.2 Å². The van der Waals surface area contributed by atoms with Crippen LogP contribution in [0.1, 0.15) is 23.7 Å². The maximum atomic E-state index is 12.9. The summed E-state index contributed by atoms with van der Waals surface area (Å²) in [7, 11) is -1.79. The Hall–Kier alpha value is -2.61. The number of carbonyl (C=O) groups excluding carboxylic acids is 1. The summed E-state index contributed by atoms with van der Waals surface area (Å²) >= 11 is 0. The molecule has 0 heterocycles. The second-order valence-electron chi connectivity index (χ2n) is 6.03. The first kappa shape index (κ1) is 20.7. The number of sulfonamides is 1. The van der Waals surface area contributed by atoms with Crippen molar-refractivity contribution in [2.45, 2.75) is 13.3 Å². The fourth-order valence-corrected chi connectivity index (χ4v) is 3.49. The van der Waals surface area contributed by atoms with Crippen LogP contribution in [0.5, 0.6) is 5.75 Å². The van der Waals surface area contributed by atoms with Crippen LogP contribution in [0, 0.1) is 5.82 Å². The Morgan fingerprint density at radius 2 is 1.89 bits per heavy atom. The van der Waals surface area contributed by atoms with Crippen molar-refractivity contribution in [2.24, 2.45) is 0 Å². The highest BCUT2D eigenvalue weighted by Gasteiger charge is 2.14. The maximum Gasteiger partial charge on any atom is 0.253 e. The monoisotopic (exact) mass is 394 g/mol. The van der Waals surface area contributed by atoms with E-state index in [2.05, 4.69) is 4.72 Å². The Morgan fingerprint density at radius 3 is 2.56 bits per heavy atom. The fraction of sp³-hybridized carbons (Fsp3) is 0.316. The van der Waals surface area contributed by atoms with Gasteiger partial charge in [-0.3, -0.25) is 9.52 Å². The van der Waals surface area contributed by atoms with Gasteiger partial charge in [-0.05, 0) is 48.9 Å². The van der Waals surface area contributed by atoms with Gasteiger partial charge in [-0.25, -0.2) is 12.8 Å². The number of carbonyl (C=O) groups is 1. The molecule has 0 bridgehead atoms. The minimum atomic E-state index is -3.42. The number of hydrogen-bond acceptors (Lipinski definition) is 4. The number of likely N-dealkylation sites (N-methyl/N-ethyl adjacent to an activating group) is 1. The first-order valence-electron chi connectivity index (χ1n) is 8.55. The molecule has 0 saturated carbocycles. The standard InChI is InChI=1S/C19H23FN2O4S/c1-3-13-27(24,25)21-17-6-4-5-15(14-17)19(23)22(2)11-12-26-18-9-7-16(20)8-10-18/h4-10,14,21H,3,11-13H2,1-2H3. The lowest BCUT2D eigenvalue weighted by Crippen LogP contribution is -2.31. The smallest absolute Gasteiger partial charge is 0.253 e. The van der Waals surface area contributed by atoms with Gasteiger partial charge >= 0.3 is 0 Å². The normalized spacial score (nSPS) is 11.1. The predicted molar refractivity (Wildman–Crippen MR) is 103 cm³/mol. The molecule has 0 aliphatic rings. The number of rotatable bonds is 9. The van der Waals surface area contributed by atoms with E-state index in [0.29, 0.717) is 30.0 Å². The number of halogens is 1. The van der Waals surface area contributed by atoms with E-state index in [4.69, 9.17) is 4.74 Å². The molecule has 0 aromatic heterocycles. The number of benzene rings is 2. The number of amides is 1. The molecule has 8 heteroatoms. The van der Waals surface area contributed by atoms with Crippen LogP contribution in [0.2, 0.25) is 0 Å². The van der Waals surface area contributed by atoms with Crippen LogP contribution in [-0.2, 0) is 10.0 Å². The highest BCUT2D eigenvalue weighted by molar-refractivity contribution is 7.92. The van der Waals surface area contributed by atoms with E-state index in [1.807, 2.05) is 0 Å². The molecule has 0 aliphatic heterocycles. The molecule has 27 heavy (non-hydrogen) atoms. The van der Waals surface area contributed by atoms with E-state index in [0.717, 1.165) is 0 Å². The SMILES string of the molecule is CCCS(=O)(=O)Nc1cccc(C(=O)N(C)CCOc2ccc(F)cc2)c1. The zero-order chi connectivity index (χ0) is 19.9. The number of ether oxygens (including phenoxy) is 1. The minimum Gasteiger partial charge on any atom is -0.492 e. The van der Waals surface area contributed by atoms with Gasteiger partial charge in [0, 0.05) is 18.3 Å². The lowest BCUT2D eigenvalue weighted by molar-refractivity contribution is 0.0774. The topological polar surface area (TPSA) is 75.7 Å². The van der Waals surface area contributed by atoms with Gasteiger partial charge in [-0.1, -0.05) is 13.0 Å². The molecule has 146 valence electrons. The van der Waals surface area contributed by atoms with Gasteiger partial charge in [0.15, 0.2) is 0 Å². The highest BCUT2D eigenvalue weighted by Crippen LogP contribution is 2.15. The van der Waals surface area contributed by atoms with Crippen LogP contribution in [0.4, 0.5) is 10.1 Å². The van der Waals surface area contributed by atoms with Crippen LogP contribution in [0.25, 0.3) is 0 Å². The number of nitrogens with one attached hydrogen (secondary N) is 1. The summed E-state index contributed by atoms with van der Waals surface area (Å²) in [6.45, 7) is 2.35. The number of anilines is 1. The molecule has 0 saturated heterocycles. The molecule has 2 rings (SSSR count). The highest BCUT2D eigenvalue weighted by atomic mass is 32.2. The minimum absolute atomic E-state index is 0.0196. The molecular formula is C19H23FN2O4S.